The molecule has 3 rings (SSSR count). The highest BCUT2D eigenvalue weighted by atomic mass is 19.4. The van der Waals surface area contributed by atoms with Crippen molar-refractivity contribution in [2.45, 2.75) is 12.4 Å². The monoisotopic (exact) mass is 401 g/mol. The predicted molar refractivity (Wildman–Crippen MR) is 88.1 cm³/mol. The van der Waals surface area contributed by atoms with Gasteiger partial charge in [-0.25, -0.2) is 0 Å². The van der Waals surface area contributed by atoms with Crippen LogP contribution in [-0.2, 0) is 12.4 Å². The molecule has 1 N–H and O–H groups in total. The van der Waals surface area contributed by atoms with Crippen molar-refractivity contribution in [3.63, 3.8) is 0 Å². The van der Waals surface area contributed by atoms with Crippen LogP contribution in [0.5, 0.6) is 0 Å². The van der Waals surface area contributed by atoms with E-state index in [1.54, 1.807) is 0 Å². The summed E-state index contributed by atoms with van der Waals surface area (Å²) >= 11 is 0. The Bertz CT molecular complexity index is 1030. The van der Waals surface area contributed by atoms with E-state index in [9.17, 15) is 36.5 Å². The lowest BCUT2D eigenvalue weighted by Gasteiger charge is -2.16. The Morgan fingerprint density at radius 1 is 0.893 bits per heavy atom. The van der Waals surface area contributed by atoms with Gasteiger partial charge in [0.2, 0.25) is 0 Å². The minimum absolute atomic E-state index is 0.0146. The summed E-state index contributed by atoms with van der Waals surface area (Å²) in [4.78, 5) is 14.3. The van der Waals surface area contributed by atoms with E-state index in [4.69, 9.17) is 0 Å². The quantitative estimate of drug-likeness (QED) is 0.336. The highest BCUT2D eigenvalue weighted by Crippen LogP contribution is 2.39. The number of pyridine rings is 1. The van der Waals surface area contributed by atoms with Gasteiger partial charge >= 0.3 is 12.4 Å². The van der Waals surface area contributed by atoms with Crippen molar-refractivity contribution in [1.29, 1.82) is 0 Å². The summed E-state index contributed by atoms with van der Waals surface area (Å²) in [5.74, 6) is 0. The number of rotatable bonds is 3. The average molecular weight is 401 g/mol. The van der Waals surface area contributed by atoms with Gasteiger partial charge < -0.3 is 5.32 Å². The van der Waals surface area contributed by atoms with Crippen molar-refractivity contribution < 1.29 is 31.3 Å². The molecule has 0 aliphatic rings. The second-order valence-electron chi connectivity index (χ2n) is 5.73. The summed E-state index contributed by atoms with van der Waals surface area (Å²) in [6, 6.07) is 4.68. The number of nitro benzene ring substituents is 1. The molecule has 11 heteroatoms. The normalized spacial score (nSPS) is 12.2. The largest absolute Gasteiger partial charge is 0.416 e. The first kappa shape index (κ1) is 19.4. The second kappa shape index (κ2) is 6.66. The Balaban J connectivity index is 2.14. The van der Waals surface area contributed by atoms with Gasteiger partial charge in [0.1, 0.15) is 0 Å². The number of hydrogen-bond donors (Lipinski definition) is 1. The first-order valence-corrected chi connectivity index (χ1v) is 7.54. The molecule has 3 aromatic rings. The minimum atomic E-state index is -4.99. The van der Waals surface area contributed by atoms with E-state index < -0.39 is 34.1 Å². The molecule has 0 radical (unpaired) electrons. The Hall–Kier alpha value is -3.37. The Morgan fingerprint density at radius 2 is 1.50 bits per heavy atom. The van der Waals surface area contributed by atoms with Crippen LogP contribution in [0, 0.1) is 10.1 Å². The van der Waals surface area contributed by atoms with E-state index in [1.165, 1.54) is 24.5 Å². The number of benzene rings is 2. The van der Waals surface area contributed by atoms with E-state index >= 15 is 0 Å². The van der Waals surface area contributed by atoms with Crippen molar-refractivity contribution in [3.8, 4) is 0 Å². The number of nitrogens with zero attached hydrogens (tertiary/aromatic N) is 2. The van der Waals surface area contributed by atoms with Crippen LogP contribution < -0.4 is 5.32 Å². The summed E-state index contributed by atoms with van der Waals surface area (Å²) in [6.45, 7) is 0. The van der Waals surface area contributed by atoms with Gasteiger partial charge in [0.15, 0.2) is 0 Å². The zero-order valence-electron chi connectivity index (χ0n) is 13.6. The number of fused-ring (bicyclic) bond motifs is 1. The second-order valence-corrected chi connectivity index (χ2v) is 5.73. The van der Waals surface area contributed by atoms with Crippen molar-refractivity contribution >= 4 is 27.8 Å². The number of non-ortho nitro benzene ring substituents is 1. The highest BCUT2D eigenvalue weighted by Gasteiger charge is 2.37. The van der Waals surface area contributed by atoms with Crippen LogP contribution in [-0.4, -0.2) is 9.91 Å². The SMILES string of the molecule is O=[N+]([O-])c1ccc(Nc2cc(C(F)(F)F)cc(C(F)(F)F)c2)c2cnccc12. The molecular formula is C17H9F6N3O2. The predicted octanol–water partition coefficient (Wildman–Crippen LogP) is 5.92. The molecular weight excluding hydrogens is 392 g/mol. The lowest BCUT2D eigenvalue weighted by Crippen LogP contribution is -2.11. The van der Waals surface area contributed by atoms with Crippen LogP contribution in [0.4, 0.5) is 43.4 Å². The maximum Gasteiger partial charge on any atom is 0.416 e. The molecule has 0 amide bonds. The van der Waals surface area contributed by atoms with Gasteiger partial charge in [0.05, 0.1) is 21.4 Å². The lowest BCUT2D eigenvalue weighted by molar-refractivity contribution is -0.383. The smallest absolute Gasteiger partial charge is 0.355 e. The zero-order chi connectivity index (χ0) is 20.7. The highest BCUT2D eigenvalue weighted by molar-refractivity contribution is 6.00. The first-order valence-electron chi connectivity index (χ1n) is 7.54. The molecule has 2 aromatic carbocycles. The van der Waals surface area contributed by atoms with E-state index in [1.807, 2.05) is 0 Å². The van der Waals surface area contributed by atoms with Gasteiger partial charge in [-0.15, -0.1) is 0 Å². The van der Waals surface area contributed by atoms with Crippen LogP contribution >= 0.6 is 0 Å². The average Bonchev–Trinajstić information content (AvgIpc) is 2.60. The minimum Gasteiger partial charge on any atom is -0.355 e. The molecule has 0 aliphatic carbocycles. The van der Waals surface area contributed by atoms with Crippen LogP contribution in [0.1, 0.15) is 11.1 Å². The fraction of sp³-hybridized carbons (Fsp3) is 0.118. The molecule has 0 atom stereocenters. The Kier molecular flexibility index (Phi) is 4.61. The van der Waals surface area contributed by atoms with Gasteiger partial charge in [0.25, 0.3) is 5.69 Å². The molecule has 0 saturated carbocycles. The molecule has 28 heavy (non-hydrogen) atoms. The summed E-state index contributed by atoms with van der Waals surface area (Å²) in [5, 5.41) is 13.9. The standard InChI is InChI=1S/C17H9F6N3O2/c18-16(19,20)9-5-10(17(21,22)23)7-11(6-9)25-14-1-2-15(26(27)28)12-3-4-24-8-13(12)14/h1-8,25H. The first-order chi connectivity index (χ1) is 13.0. The number of halogens is 6. The van der Waals surface area contributed by atoms with Gasteiger partial charge in [-0.3, -0.25) is 15.1 Å². The number of nitrogens with one attached hydrogen (secondary N) is 1. The molecule has 146 valence electrons. The molecule has 0 bridgehead atoms. The van der Waals surface area contributed by atoms with Crippen molar-refractivity contribution in [3.05, 3.63) is 70.0 Å². The molecule has 0 fully saturated rings. The Morgan fingerprint density at radius 3 is 2.04 bits per heavy atom. The van der Waals surface area contributed by atoms with E-state index in [-0.39, 0.29) is 28.2 Å². The van der Waals surface area contributed by atoms with Gasteiger partial charge in [-0.1, -0.05) is 0 Å². The van der Waals surface area contributed by atoms with Crippen molar-refractivity contribution in [2.75, 3.05) is 5.32 Å². The van der Waals surface area contributed by atoms with Crippen molar-refractivity contribution in [1.82, 2.24) is 4.98 Å². The maximum atomic E-state index is 13.0. The van der Waals surface area contributed by atoms with E-state index in [0.717, 1.165) is 6.07 Å². The molecule has 1 aromatic heterocycles. The molecule has 1 heterocycles. The molecule has 0 unspecified atom stereocenters. The van der Waals surface area contributed by atoms with Crippen LogP contribution in [0.2, 0.25) is 0 Å². The number of nitro groups is 1. The van der Waals surface area contributed by atoms with E-state index in [2.05, 4.69) is 10.3 Å². The van der Waals surface area contributed by atoms with Gasteiger partial charge in [-0.05, 0) is 30.3 Å². The third kappa shape index (κ3) is 3.82. The Labute approximate surface area is 152 Å². The van der Waals surface area contributed by atoms with Crippen LogP contribution in [0.25, 0.3) is 10.8 Å². The summed E-state index contributed by atoms with van der Waals surface area (Å²) < 4.78 is 77.9. The molecule has 5 nitrogen and oxygen atoms in total. The molecule has 0 spiro atoms. The summed E-state index contributed by atoms with van der Waals surface area (Å²) in [5.41, 5.74) is -3.63. The zero-order valence-corrected chi connectivity index (χ0v) is 13.6. The number of anilines is 2. The molecule has 0 aliphatic heterocycles. The third-order valence-corrected chi connectivity index (χ3v) is 3.86. The summed E-state index contributed by atoms with van der Waals surface area (Å²) in [6.07, 6.45) is -7.47. The van der Waals surface area contributed by atoms with E-state index in [0.29, 0.717) is 12.1 Å². The van der Waals surface area contributed by atoms with Crippen molar-refractivity contribution in [2.24, 2.45) is 0 Å². The lowest BCUT2D eigenvalue weighted by atomic mass is 10.1. The van der Waals surface area contributed by atoms with Gasteiger partial charge in [0, 0.05) is 35.2 Å². The van der Waals surface area contributed by atoms with Crippen LogP contribution in [0.3, 0.4) is 0 Å². The topological polar surface area (TPSA) is 68.1 Å². The third-order valence-electron chi connectivity index (χ3n) is 3.86. The van der Waals surface area contributed by atoms with Gasteiger partial charge in [-0.2, -0.15) is 26.3 Å². The van der Waals surface area contributed by atoms with Crippen LogP contribution in [0.15, 0.2) is 48.8 Å². The summed E-state index contributed by atoms with van der Waals surface area (Å²) in [7, 11) is 0. The fourth-order valence-electron chi connectivity index (χ4n) is 2.63. The number of alkyl halides is 6. The number of aromatic nitrogens is 1. The maximum absolute atomic E-state index is 13.0. The fourth-order valence-corrected chi connectivity index (χ4v) is 2.63. The number of hydrogen-bond acceptors (Lipinski definition) is 4. The molecule has 0 saturated heterocycles.